The Morgan fingerprint density at radius 2 is 2.03 bits per heavy atom. The van der Waals surface area contributed by atoms with Crippen LogP contribution >= 0.6 is 11.3 Å². The molecule has 0 unspecified atom stereocenters. The molecule has 1 aliphatic carbocycles. The summed E-state index contributed by atoms with van der Waals surface area (Å²) in [4.78, 5) is 43.0. The van der Waals surface area contributed by atoms with E-state index in [0.717, 1.165) is 39.5 Å². The molecule has 30 heavy (non-hydrogen) atoms. The Morgan fingerprint density at radius 1 is 1.27 bits per heavy atom. The van der Waals surface area contributed by atoms with Crippen molar-refractivity contribution in [3.05, 3.63) is 24.3 Å². The van der Waals surface area contributed by atoms with Crippen LogP contribution in [0.2, 0.25) is 0 Å². The Labute approximate surface area is 179 Å². The van der Waals surface area contributed by atoms with E-state index in [0.29, 0.717) is 31.8 Å². The molecule has 160 valence electrons. The molecular weight excluding hydrogens is 402 g/mol. The monoisotopic (exact) mass is 429 g/mol. The molecule has 3 N–H and O–H groups in total. The van der Waals surface area contributed by atoms with Gasteiger partial charge in [-0.05, 0) is 43.7 Å². The van der Waals surface area contributed by atoms with Crippen molar-refractivity contribution in [1.29, 1.82) is 0 Å². The van der Waals surface area contributed by atoms with Crippen LogP contribution in [-0.2, 0) is 9.59 Å². The lowest BCUT2D eigenvalue weighted by molar-refractivity contribution is -0.136. The fourth-order valence-corrected chi connectivity index (χ4v) is 5.15. The van der Waals surface area contributed by atoms with E-state index in [1.807, 2.05) is 24.3 Å². The van der Waals surface area contributed by atoms with Gasteiger partial charge in [-0.2, -0.15) is 0 Å². The lowest BCUT2D eigenvalue weighted by atomic mass is 9.75. The number of amides is 4. The Hall–Kier alpha value is -2.68. The number of fused-ring (bicyclic) bond motifs is 1. The van der Waals surface area contributed by atoms with Crippen molar-refractivity contribution in [3.63, 3.8) is 0 Å². The number of rotatable bonds is 7. The summed E-state index contributed by atoms with van der Waals surface area (Å²) in [5, 5.41) is 9.61. The zero-order chi connectivity index (χ0) is 21.1. The number of hydrogen-bond donors (Lipinski definition) is 3. The fourth-order valence-electron chi connectivity index (χ4n) is 4.26. The molecule has 1 spiro atoms. The second-order valence-corrected chi connectivity index (χ2v) is 9.05. The van der Waals surface area contributed by atoms with E-state index in [4.69, 9.17) is 0 Å². The number of benzene rings is 1. The van der Waals surface area contributed by atoms with Gasteiger partial charge in [0.25, 0.3) is 5.91 Å². The molecule has 1 aromatic heterocycles. The van der Waals surface area contributed by atoms with Gasteiger partial charge in [0, 0.05) is 13.1 Å². The largest absolute Gasteiger partial charge is 0.360 e. The van der Waals surface area contributed by atoms with E-state index in [1.54, 1.807) is 11.3 Å². The third kappa shape index (κ3) is 4.12. The summed E-state index contributed by atoms with van der Waals surface area (Å²) in [5.74, 6) is 0.00861. The molecule has 1 aliphatic heterocycles. The first-order valence-electron chi connectivity index (χ1n) is 10.5. The summed E-state index contributed by atoms with van der Waals surface area (Å²) >= 11 is 1.56. The molecule has 2 aromatic rings. The molecule has 0 atom stereocenters. The number of anilines is 1. The third-order valence-electron chi connectivity index (χ3n) is 6.10. The van der Waals surface area contributed by atoms with Crippen molar-refractivity contribution in [3.8, 4) is 0 Å². The highest BCUT2D eigenvalue weighted by Crippen LogP contribution is 2.37. The maximum absolute atomic E-state index is 12.9. The van der Waals surface area contributed by atoms with Gasteiger partial charge in [0.15, 0.2) is 5.13 Å². The molecule has 1 saturated heterocycles. The van der Waals surface area contributed by atoms with Crippen molar-refractivity contribution in [2.75, 3.05) is 25.0 Å². The summed E-state index contributed by atoms with van der Waals surface area (Å²) in [7, 11) is 0. The molecule has 4 amide bonds. The van der Waals surface area contributed by atoms with Gasteiger partial charge in [-0.3, -0.25) is 14.5 Å². The van der Waals surface area contributed by atoms with Crippen LogP contribution in [0.5, 0.6) is 0 Å². The average molecular weight is 430 g/mol. The topological polar surface area (TPSA) is 103 Å². The van der Waals surface area contributed by atoms with Crippen LogP contribution in [0.25, 0.3) is 10.2 Å². The van der Waals surface area contributed by atoms with Gasteiger partial charge in [-0.1, -0.05) is 36.8 Å². The van der Waals surface area contributed by atoms with Gasteiger partial charge in [0.05, 0.1) is 10.2 Å². The smallest absolute Gasteiger partial charge is 0.325 e. The second kappa shape index (κ2) is 8.59. The number of hydrogen-bond acceptors (Lipinski definition) is 6. The van der Waals surface area contributed by atoms with Crippen LogP contribution in [0, 0.1) is 5.92 Å². The summed E-state index contributed by atoms with van der Waals surface area (Å²) in [6, 6.07) is 7.43. The highest BCUT2D eigenvalue weighted by molar-refractivity contribution is 7.22. The Bertz CT molecular complexity index is 918. The van der Waals surface area contributed by atoms with Crippen molar-refractivity contribution >= 4 is 44.5 Å². The van der Waals surface area contributed by atoms with Crippen molar-refractivity contribution < 1.29 is 14.4 Å². The van der Waals surface area contributed by atoms with Crippen LogP contribution in [0.15, 0.2) is 24.3 Å². The normalized spacial score (nSPS) is 23.8. The second-order valence-electron chi connectivity index (χ2n) is 8.02. The molecule has 2 fully saturated rings. The average Bonchev–Trinajstić information content (AvgIpc) is 3.26. The molecular formula is C21H27N5O3S. The fraction of sp³-hybridized carbons (Fsp3) is 0.524. The summed E-state index contributed by atoms with van der Waals surface area (Å²) < 4.78 is 1.10. The number of thiazole rings is 1. The summed E-state index contributed by atoms with van der Waals surface area (Å²) in [6.45, 7) is 2.79. The predicted molar refractivity (Wildman–Crippen MR) is 116 cm³/mol. The summed E-state index contributed by atoms with van der Waals surface area (Å²) in [5.41, 5.74) is 0.131. The van der Waals surface area contributed by atoms with Crippen LogP contribution in [0.3, 0.4) is 0 Å². The number of carbonyl (C=O) groups is 3. The van der Waals surface area contributed by atoms with Crippen LogP contribution < -0.4 is 16.0 Å². The molecule has 0 bridgehead atoms. The summed E-state index contributed by atoms with van der Waals surface area (Å²) in [6.07, 6.45) is 4.26. The molecule has 9 heteroatoms. The van der Waals surface area contributed by atoms with E-state index < -0.39 is 11.6 Å². The van der Waals surface area contributed by atoms with E-state index in [1.165, 1.54) is 0 Å². The van der Waals surface area contributed by atoms with Crippen molar-refractivity contribution in [1.82, 2.24) is 20.5 Å². The van der Waals surface area contributed by atoms with Gasteiger partial charge in [0.2, 0.25) is 5.91 Å². The van der Waals surface area contributed by atoms with Gasteiger partial charge in [-0.15, -0.1) is 0 Å². The molecule has 2 aliphatic rings. The number of carbonyl (C=O) groups excluding carboxylic acids is 3. The first kappa shape index (κ1) is 20.6. The van der Waals surface area contributed by atoms with Gasteiger partial charge < -0.3 is 16.0 Å². The highest BCUT2D eigenvalue weighted by Gasteiger charge is 2.52. The Kier molecular flexibility index (Phi) is 5.90. The molecule has 0 radical (unpaired) electrons. The minimum absolute atomic E-state index is 0.245. The molecule has 8 nitrogen and oxygen atoms in total. The quantitative estimate of drug-likeness (QED) is 0.464. The van der Waals surface area contributed by atoms with E-state index in [2.05, 4.69) is 27.9 Å². The van der Waals surface area contributed by atoms with E-state index >= 15 is 0 Å². The number of nitrogens with zero attached hydrogens (tertiary/aromatic N) is 2. The van der Waals surface area contributed by atoms with Gasteiger partial charge in [0.1, 0.15) is 12.1 Å². The van der Waals surface area contributed by atoms with Crippen LogP contribution in [0.4, 0.5) is 9.93 Å². The van der Waals surface area contributed by atoms with Crippen molar-refractivity contribution in [2.24, 2.45) is 5.92 Å². The maximum atomic E-state index is 12.9. The molecule has 1 aromatic carbocycles. The van der Waals surface area contributed by atoms with Crippen LogP contribution in [-0.4, -0.2) is 52.9 Å². The molecule has 2 heterocycles. The van der Waals surface area contributed by atoms with Gasteiger partial charge >= 0.3 is 6.03 Å². The number of nitrogens with one attached hydrogen (secondary N) is 3. The number of imide groups is 1. The van der Waals surface area contributed by atoms with Gasteiger partial charge in [-0.25, -0.2) is 9.78 Å². The standard InChI is InChI=1S/C21H27N5O3S/c1-2-14-7-9-21(10-8-14)18(28)26(20(29)25-21)13-17(27)22-11-12-23-19-24-15-5-3-4-6-16(15)30-19/h3-6,14H,2,7-13H2,1H3,(H,22,27)(H,23,24)(H,25,29). The van der Waals surface area contributed by atoms with Crippen LogP contribution in [0.1, 0.15) is 39.0 Å². The Morgan fingerprint density at radius 3 is 2.77 bits per heavy atom. The lowest BCUT2D eigenvalue weighted by Gasteiger charge is -2.34. The van der Waals surface area contributed by atoms with Crippen molar-refractivity contribution in [2.45, 2.75) is 44.6 Å². The predicted octanol–water partition coefficient (Wildman–Crippen LogP) is 2.72. The first-order valence-corrected chi connectivity index (χ1v) is 11.3. The number of urea groups is 1. The lowest BCUT2D eigenvalue weighted by Crippen LogP contribution is -2.50. The zero-order valence-corrected chi connectivity index (χ0v) is 17.9. The number of para-hydroxylation sites is 1. The first-order chi connectivity index (χ1) is 14.5. The minimum Gasteiger partial charge on any atom is -0.360 e. The van der Waals surface area contributed by atoms with E-state index in [9.17, 15) is 14.4 Å². The number of aromatic nitrogens is 1. The SMILES string of the molecule is CCC1CCC2(CC1)NC(=O)N(CC(=O)NCCNc1nc3ccccc3s1)C2=O. The minimum atomic E-state index is -0.808. The molecule has 1 saturated carbocycles. The Balaban J connectivity index is 1.23. The third-order valence-corrected chi connectivity index (χ3v) is 7.10. The molecule has 4 rings (SSSR count). The van der Waals surface area contributed by atoms with E-state index in [-0.39, 0.29) is 18.4 Å². The highest BCUT2D eigenvalue weighted by atomic mass is 32.1. The maximum Gasteiger partial charge on any atom is 0.325 e. The zero-order valence-electron chi connectivity index (χ0n) is 17.1.